The van der Waals surface area contributed by atoms with Crippen molar-refractivity contribution in [2.45, 2.75) is 25.4 Å². The lowest BCUT2D eigenvalue weighted by Crippen LogP contribution is -2.53. The molecule has 2 aromatic carbocycles. The quantitative estimate of drug-likeness (QED) is 0.0942. The minimum absolute atomic E-state index is 0.0251. The molecule has 13 nitrogen and oxygen atoms in total. The van der Waals surface area contributed by atoms with Crippen LogP contribution < -0.4 is 26.6 Å². The molecule has 2 heterocycles. The first-order valence-corrected chi connectivity index (χ1v) is 12.6. The average Bonchev–Trinajstić information content (AvgIpc) is 3.51. The monoisotopic (exact) mass is 547 g/mol. The fraction of sp³-hybridized carbons (Fsp3) is 0.259. The molecule has 1 saturated heterocycles. The number of carbonyl (C=O) groups excluding carboxylic acids is 5. The molecule has 0 aliphatic carbocycles. The molecule has 1 unspecified atom stereocenters. The Morgan fingerprint density at radius 1 is 1.20 bits per heavy atom. The lowest BCUT2D eigenvalue weighted by molar-refractivity contribution is -0.145. The Morgan fingerprint density at radius 2 is 1.93 bits per heavy atom. The van der Waals surface area contributed by atoms with Crippen molar-refractivity contribution in [3.05, 3.63) is 65.4 Å². The van der Waals surface area contributed by atoms with Gasteiger partial charge in [0.1, 0.15) is 23.6 Å². The third-order valence-electron chi connectivity index (χ3n) is 6.44. The molecule has 2 atom stereocenters. The molecule has 1 aromatic heterocycles. The van der Waals surface area contributed by atoms with E-state index < -0.39 is 30.0 Å². The molecule has 3 aromatic rings. The van der Waals surface area contributed by atoms with Crippen LogP contribution in [0, 0.1) is 5.41 Å². The highest BCUT2D eigenvalue weighted by molar-refractivity contribution is 6.10. The van der Waals surface area contributed by atoms with Crippen LogP contribution in [0.25, 0.3) is 10.9 Å². The number of hydrogen-bond donors (Lipinski definition) is 6. The van der Waals surface area contributed by atoms with E-state index in [1.165, 1.54) is 4.90 Å². The molecule has 1 aliphatic heterocycles. The van der Waals surface area contributed by atoms with Crippen molar-refractivity contribution in [3.63, 3.8) is 0 Å². The third kappa shape index (κ3) is 5.93. The molecule has 4 rings (SSSR count). The highest BCUT2D eigenvalue weighted by atomic mass is 16.5. The predicted octanol–water partition coefficient (Wildman–Crippen LogP) is 1.03. The second-order valence-electron chi connectivity index (χ2n) is 9.00. The zero-order valence-corrected chi connectivity index (χ0v) is 21.7. The first kappa shape index (κ1) is 27.8. The molecule has 1 aliphatic rings. The van der Waals surface area contributed by atoms with Gasteiger partial charge in [0.25, 0.3) is 5.91 Å². The topological polar surface area (TPSA) is 200 Å². The van der Waals surface area contributed by atoms with Crippen molar-refractivity contribution in [3.8, 4) is 0 Å². The zero-order valence-electron chi connectivity index (χ0n) is 21.7. The second-order valence-corrected chi connectivity index (χ2v) is 9.00. The van der Waals surface area contributed by atoms with Gasteiger partial charge in [0, 0.05) is 28.7 Å². The highest BCUT2D eigenvalue weighted by Crippen LogP contribution is 2.22. The number of urea groups is 1. The number of nitrogens with zero attached hydrogens (tertiary/aromatic N) is 1. The van der Waals surface area contributed by atoms with E-state index in [0.717, 1.165) is 0 Å². The number of nitrogen functional groups attached to an aromatic ring is 1. The van der Waals surface area contributed by atoms with Crippen LogP contribution in [0.2, 0.25) is 0 Å². The number of aromatic amines is 1. The molecular formula is C27H29N7O6. The van der Waals surface area contributed by atoms with E-state index in [4.69, 9.17) is 15.9 Å². The van der Waals surface area contributed by atoms with Crippen LogP contribution in [0.15, 0.2) is 48.5 Å². The lowest BCUT2D eigenvalue weighted by atomic mass is 10.1. The zero-order chi connectivity index (χ0) is 28.8. The SMILES string of the molecule is CCOC(=O)[C@H](CNC(=O)NC1CCN(c2ccc(C(=N)N)cc2)C1=O)NC(=O)c1[nH]c2ccccc2c1C=O. The van der Waals surface area contributed by atoms with Gasteiger partial charge in [-0.15, -0.1) is 0 Å². The lowest BCUT2D eigenvalue weighted by Gasteiger charge is -2.20. The maximum atomic E-state index is 13.0. The van der Waals surface area contributed by atoms with Crippen LogP contribution in [0.1, 0.15) is 39.8 Å². The molecule has 40 heavy (non-hydrogen) atoms. The largest absolute Gasteiger partial charge is 0.464 e. The van der Waals surface area contributed by atoms with Gasteiger partial charge >= 0.3 is 12.0 Å². The molecule has 7 N–H and O–H groups in total. The molecule has 4 amide bonds. The van der Waals surface area contributed by atoms with Gasteiger partial charge < -0.3 is 36.3 Å². The number of nitrogens with two attached hydrogens (primary N) is 1. The number of esters is 1. The number of benzene rings is 2. The Labute approximate surface area is 228 Å². The Bertz CT molecular complexity index is 1470. The summed E-state index contributed by atoms with van der Waals surface area (Å²) in [5.41, 5.74) is 7.30. The number of fused-ring (bicyclic) bond motifs is 1. The van der Waals surface area contributed by atoms with E-state index in [-0.39, 0.29) is 36.2 Å². The summed E-state index contributed by atoms with van der Waals surface area (Å²) in [6, 6.07) is 10.7. The summed E-state index contributed by atoms with van der Waals surface area (Å²) in [4.78, 5) is 67.1. The van der Waals surface area contributed by atoms with E-state index in [1.807, 2.05) is 0 Å². The van der Waals surface area contributed by atoms with Gasteiger partial charge in [0.2, 0.25) is 5.91 Å². The Hall–Kier alpha value is -5.20. The number of amidine groups is 1. The third-order valence-corrected chi connectivity index (χ3v) is 6.44. The summed E-state index contributed by atoms with van der Waals surface area (Å²) in [5, 5.41) is 15.6. The summed E-state index contributed by atoms with van der Waals surface area (Å²) < 4.78 is 5.04. The minimum Gasteiger partial charge on any atom is -0.464 e. The van der Waals surface area contributed by atoms with Crippen LogP contribution in [-0.4, -0.2) is 72.7 Å². The standard InChI is InChI=1S/C27H29N7O6/c1-2-40-26(38)21(32-24(36)22-18(14-35)17-5-3-4-6-19(17)31-22)13-30-27(39)33-20-11-12-34(25(20)37)16-9-7-15(8-10-16)23(28)29/h3-10,14,20-21,31H,2,11-13H2,1H3,(H3,28,29)(H,32,36)(H2,30,33,39)/t20?,21-/m0/s1. The van der Waals surface area contributed by atoms with Crippen LogP contribution in [0.4, 0.5) is 10.5 Å². The summed E-state index contributed by atoms with van der Waals surface area (Å²) in [6.07, 6.45) is 0.909. The Kier molecular flexibility index (Phi) is 8.42. The van der Waals surface area contributed by atoms with Crippen molar-refractivity contribution < 1.29 is 28.7 Å². The summed E-state index contributed by atoms with van der Waals surface area (Å²) in [7, 11) is 0. The first-order chi connectivity index (χ1) is 19.2. The summed E-state index contributed by atoms with van der Waals surface area (Å²) in [5.74, 6) is -1.91. The molecule has 1 fully saturated rings. The molecule has 0 spiro atoms. The van der Waals surface area contributed by atoms with E-state index in [1.54, 1.807) is 55.5 Å². The minimum atomic E-state index is -1.26. The number of aromatic nitrogens is 1. The highest BCUT2D eigenvalue weighted by Gasteiger charge is 2.34. The maximum Gasteiger partial charge on any atom is 0.330 e. The van der Waals surface area contributed by atoms with Gasteiger partial charge in [-0.3, -0.25) is 19.8 Å². The molecule has 0 bridgehead atoms. The van der Waals surface area contributed by atoms with Crippen LogP contribution in [0.3, 0.4) is 0 Å². The van der Waals surface area contributed by atoms with Crippen molar-refractivity contribution in [1.29, 1.82) is 5.41 Å². The number of amides is 4. The number of ether oxygens (including phenoxy) is 1. The smallest absolute Gasteiger partial charge is 0.330 e. The molecule has 13 heteroatoms. The fourth-order valence-corrected chi connectivity index (χ4v) is 4.43. The van der Waals surface area contributed by atoms with E-state index >= 15 is 0 Å². The van der Waals surface area contributed by atoms with Gasteiger partial charge in [-0.25, -0.2) is 9.59 Å². The Balaban J connectivity index is 1.38. The van der Waals surface area contributed by atoms with E-state index in [9.17, 15) is 24.0 Å². The number of nitrogens with one attached hydrogen (secondary N) is 5. The fourth-order valence-electron chi connectivity index (χ4n) is 4.43. The number of para-hydroxylation sites is 1. The molecular weight excluding hydrogens is 518 g/mol. The Morgan fingerprint density at radius 3 is 2.60 bits per heavy atom. The number of rotatable bonds is 10. The van der Waals surface area contributed by atoms with Crippen LogP contribution in [-0.2, 0) is 14.3 Å². The number of aldehydes is 1. The summed E-state index contributed by atoms with van der Waals surface area (Å²) >= 11 is 0. The maximum absolute atomic E-state index is 13.0. The molecule has 0 radical (unpaired) electrons. The normalized spacial score (nSPS) is 15.4. The predicted molar refractivity (Wildman–Crippen MR) is 146 cm³/mol. The van der Waals surface area contributed by atoms with Gasteiger partial charge in [-0.05, 0) is 43.7 Å². The molecule has 208 valence electrons. The van der Waals surface area contributed by atoms with E-state index in [2.05, 4.69) is 20.9 Å². The van der Waals surface area contributed by atoms with Gasteiger partial charge in [0.15, 0.2) is 6.29 Å². The number of hydrogen-bond acceptors (Lipinski definition) is 7. The van der Waals surface area contributed by atoms with Gasteiger partial charge in [-0.1, -0.05) is 18.2 Å². The van der Waals surface area contributed by atoms with Crippen LogP contribution in [0.5, 0.6) is 0 Å². The number of carbonyl (C=O) groups is 5. The average molecular weight is 548 g/mol. The molecule has 0 saturated carbocycles. The van der Waals surface area contributed by atoms with Crippen molar-refractivity contribution in [2.75, 3.05) is 24.6 Å². The van der Waals surface area contributed by atoms with Crippen LogP contribution >= 0.6 is 0 Å². The summed E-state index contributed by atoms with van der Waals surface area (Å²) in [6.45, 7) is 1.69. The van der Waals surface area contributed by atoms with Gasteiger partial charge in [0.05, 0.1) is 18.7 Å². The first-order valence-electron chi connectivity index (χ1n) is 12.6. The number of H-pyrrole nitrogens is 1. The van der Waals surface area contributed by atoms with Crippen molar-refractivity contribution >= 4 is 52.5 Å². The van der Waals surface area contributed by atoms with Gasteiger partial charge in [-0.2, -0.15) is 0 Å². The second kappa shape index (κ2) is 12.1. The van der Waals surface area contributed by atoms with Crippen molar-refractivity contribution in [2.24, 2.45) is 5.73 Å². The number of anilines is 1. The van der Waals surface area contributed by atoms with Crippen molar-refractivity contribution in [1.82, 2.24) is 20.9 Å². The van der Waals surface area contributed by atoms with E-state index in [0.29, 0.717) is 41.4 Å².